The predicted molar refractivity (Wildman–Crippen MR) is 78.0 cm³/mol. The van der Waals surface area contributed by atoms with E-state index in [0.29, 0.717) is 6.29 Å². The summed E-state index contributed by atoms with van der Waals surface area (Å²) in [7, 11) is 0. The van der Waals surface area contributed by atoms with Gasteiger partial charge in [0.05, 0.1) is 5.56 Å². The number of carbonyl (C=O) groups is 3. The molecule has 0 fully saturated rings. The number of rotatable bonds is 5. The molecule has 2 rings (SSSR count). The van der Waals surface area contributed by atoms with Crippen LogP contribution in [0.2, 0.25) is 0 Å². The fourth-order valence-electron chi connectivity index (χ4n) is 1.80. The molecule has 0 spiro atoms. The van der Waals surface area contributed by atoms with Gasteiger partial charge in [0, 0.05) is 5.56 Å². The van der Waals surface area contributed by atoms with Gasteiger partial charge in [0.15, 0.2) is 5.75 Å². The molecular weight excluding hydrogens is 304 g/mol. The Bertz CT molecular complexity index is 829. The lowest BCUT2D eigenvalue weighted by molar-refractivity contribution is 0.0684. The number of benzene rings is 2. The predicted octanol–water partition coefficient (Wildman–Crippen LogP) is 3.02. The molecule has 0 aliphatic carbocycles. The van der Waals surface area contributed by atoms with Crippen LogP contribution in [0.25, 0.3) is 0 Å². The highest BCUT2D eigenvalue weighted by Gasteiger charge is 2.16. The normalized spacial score (nSPS) is 10.6. The van der Waals surface area contributed by atoms with E-state index in [1.165, 1.54) is 18.2 Å². The summed E-state index contributed by atoms with van der Waals surface area (Å²) in [5, 5.41) is 35.3. The summed E-state index contributed by atoms with van der Waals surface area (Å²) < 4.78 is 0. The van der Waals surface area contributed by atoms with Gasteiger partial charge in [0.25, 0.3) is 0 Å². The summed E-state index contributed by atoms with van der Waals surface area (Å²) in [5.41, 5.74) is -0.864. The Balaban J connectivity index is 2.52. The summed E-state index contributed by atoms with van der Waals surface area (Å²) in [6, 6.07) is 7.91. The van der Waals surface area contributed by atoms with Crippen LogP contribution in [0, 0.1) is 0 Å². The summed E-state index contributed by atoms with van der Waals surface area (Å²) >= 11 is 0. The molecule has 0 bridgehead atoms. The van der Waals surface area contributed by atoms with Crippen LogP contribution in [-0.4, -0.2) is 33.5 Å². The Morgan fingerprint density at radius 2 is 1.52 bits per heavy atom. The first-order chi connectivity index (χ1) is 10.9. The number of carboxylic acid groups (broad SMARTS) is 2. The molecule has 0 atom stereocenters. The molecule has 0 radical (unpaired) electrons. The van der Waals surface area contributed by atoms with Gasteiger partial charge in [-0.1, -0.05) is 12.1 Å². The van der Waals surface area contributed by atoms with Crippen molar-refractivity contribution in [1.82, 2.24) is 0 Å². The van der Waals surface area contributed by atoms with Gasteiger partial charge in [-0.05, 0) is 24.3 Å². The van der Waals surface area contributed by atoms with Crippen LogP contribution in [0.4, 0.5) is 11.4 Å². The number of azo groups is 1. The number of aromatic hydroxyl groups is 1. The van der Waals surface area contributed by atoms with E-state index in [9.17, 15) is 19.5 Å². The Kier molecular flexibility index (Phi) is 4.46. The second-order valence-electron chi connectivity index (χ2n) is 4.38. The molecule has 0 aromatic heterocycles. The van der Waals surface area contributed by atoms with Crippen LogP contribution in [-0.2, 0) is 0 Å². The number of carbonyl (C=O) groups excluding carboxylic acids is 1. The third kappa shape index (κ3) is 3.38. The minimum Gasteiger partial charge on any atom is -0.505 e. The van der Waals surface area contributed by atoms with Crippen molar-refractivity contribution in [1.29, 1.82) is 0 Å². The zero-order valence-corrected chi connectivity index (χ0v) is 11.5. The SMILES string of the molecule is O=Cc1cc(N=Nc2ccccc2C(=O)O)c(O)c(C(=O)O)c1. The number of aromatic carboxylic acids is 2. The van der Waals surface area contributed by atoms with Crippen molar-refractivity contribution < 1.29 is 29.7 Å². The maximum Gasteiger partial charge on any atom is 0.339 e. The number of carboxylic acids is 2. The van der Waals surface area contributed by atoms with E-state index in [1.54, 1.807) is 6.07 Å². The second kappa shape index (κ2) is 6.48. The molecule has 0 saturated heterocycles. The zero-order valence-electron chi connectivity index (χ0n) is 11.5. The van der Waals surface area contributed by atoms with Gasteiger partial charge in [-0.25, -0.2) is 9.59 Å². The van der Waals surface area contributed by atoms with Gasteiger partial charge in [-0.15, -0.1) is 10.2 Å². The number of hydrogen-bond acceptors (Lipinski definition) is 6. The average Bonchev–Trinajstić information content (AvgIpc) is 2.53. The van der Waals surface area contributed by atoms with Crippen molar-refractivity contribution in [2.75, 3.05) is 0 Å². The third-order valence-corrected chi connectivity index (χ3v) is 2.88. The largest absolute Gasteiger partial charge is 0.505 e. The van der Waals surface area contributed by atoms with Crippen molar-refractivity contribution in [3.63, 3.8) is 0 Å². The van der Waals surface area contributed by atoms with Crippen LogP contribution >= 0.6 is 0 Å². The Labute approximate surface area is 129 Å². The molecule has 0 unspecified atom stereocenters. The van der Waals surface area contributed by atoms with Crippen LogP contribution in [0.5, 0.6) is 5.75 Å². The molecule has 2 aromatic rings. The maximum atomic E-state index is 11.1. The quantitative estimate of drug-likeness (QED) is 0.573. The first-order valence-electron chi connectivity index (χ1n) is 6.23. The van der Waals surface area contributed by atoms with E-state index >= 15 is 0 Å². The molecule has 0 aliphatic heterocycles. The highest BCUT2D eigenvalue weighted by molar-refractivity contribution is 5.96. The van der Waals surface area contributed by atoms with Gasteiger partial charge < -0.3 is 15.3 Å². The minimum atomic E-state index is -1.44. The fraction of sp³-hybridized carbons (Fsp3) is 0. The van der Waals surface area contributed by atoms with Crippen molar-refractivity contribution in [2.45, 2.75) is 0 Å². The third-order valence-electron chi connectivity index (χ3n) is 2.88. The molecule has 0 heterocycles. The first kappa shape index (κ1) is 15.8. The number of hydrogen-bond donors (Lipinski definition) is 3. The van der Waals surface area contributed by atoms with E-state index < -0.39 is 23.3 Å². The van der Waals surface area contributed by atoms with E-state index in [1.807, 2.05) is 0 Å². The molecule has 8 heteroatoms. The Hall–Kier alpha value is -3.55. The minimum absolute atomic E-state index is 0.0133. The van der Waals surface area contributed by atoms with Gasteiger partial charge >= 0.3 is 11.9 Å². The van der Waals surface area contributed by atoms with Gasteiger partial charge in [0.2, 0.25) is 0 Å². The lowest BCUT2D eigenvalue weighted by Crippen LogP contribution is -1.98. The molecule has 2 aromatic carbocycles. The molecule has 0 saturated carbocycles. The van der Waals surface area contributed by atoms with Crippen molar-refractivity contribution in [2.24, 2.45) is 10.2 Å². The fourth-order valence-corrected chi connectivity index (χ4v) is 1.80. The van der Waals surface area contributed by atoms with Crippen LogP contribution in [0.15, 0.2) is 46.6 Å². The highest BCUT2D eigenvalue weighted by atomic mass is 16.4. The molecular formula is C15H10N2O6. The van der Waals surface area contributed by atoms with Gasteiger partial charge in [-0.2, -0.15) is 0 Å². The van der Waals surface area contributed by atoms with Crippen LogP contribution in [0.3, 0.4) is 0 Å². The standard InChI is InChI=1S/C15H10N2O6/c18-7-8-5-10(15(22)23)13(19)12(6-8)17-16-11-4-2-1-3-9(11)14(20)21/h1-7,19H,(H,20,21)(H,22,23). The van der Waals surface area contributed by atoms with Crippen molar-refractivity contribution in [3.8, 4) is 5.75 Å². The van der Waals surface area contributed by atoms with E-state index in [4.69, 9.17) is 10.2 Å². The number of aldehydes is 1. The average molecular weight is 314 g/mol. The highest BCUT2D eigenvalue weighted by Crippen LogP contribution is 2.33. The van der Waals surface area contributed by atoms with E-state index in [-0.39, 0.29) is 22.5 Å². The lowest BCUT2D eigenvalue weighted by atomic mass is 10.1. The summed E-state index contributed by atoms with van der Waals surface area (Å²) in [4.78, 5) is 32.9. The maximum absolute atomic E-state index is 11.1. The second-order valence-corrected chi connectivity index (χ2v) is 4.38. The van der Waals surface area contributed by atoms with Gasteiger partial charge in [-0.3, -0.25) is 4.79 Å². The Morgan fingerprint density at radius 1 is 0.913 bits per heavy atom. The van der Waals surface area contributed by atoms with Crippen molar-refractivity contribution in [3.05, 3.63) is 53.1 Å². The summed E-state index contributed by atoms with van der Waals surface area (Å²) in [5.74, 6) is -3.31. The van der Waals surface area contributed by atoms with Gasteiger partial charge in [0.1, 0.15) is 23.2 Å². The topological polar surface area (TPSA) is 137 Å². The molecule has 0 amide bonds. The molecule has 3 N–H and O–H groups in total. The summed E-state index contributed by atoms with van der Waals surface area (Å²) in [6.07, 6.45) is 0.399. The van der Waals surface area contributed by atoms with Crippen LogP contribution < -0.4 is 0 Å². The summed E-state index contributed by atoms with van der Waals surface area (Å²) in [6.45, 7) is 0. The molecule has 23 heavy (non-hydrogen) atoms. The van der Waals surface area contributed by atoms with Crippen molar-refractivity contribution >= 4 is 29.6 Å². The monoisotopic (exact) mass is 314 g/mol. The smallest absolute Gasteiger partial charge is 0.339 e. The number of phenols is 1. The Morgan fingerprint density at radius 3 is 2.13 bits per heavy atom. The molecule has 8 nitrogen and oxygen atoms in total. The van der Waals surface area contributed by atoms with E-state index in [0.717, 1.165) is 12.1 Å². The zero-order chi connectivity index (χ0) is 17.0. The van der Waals surface area contributed by atoms with E-state index in [2.05, 4.69) is 10.2 Å². The number of nitrogens with zero attached hydrogens (tertiary/aromatic N) is 2. The first-order valence-corrected chi connectivity index (χ1v) is 6.23. The lowest BCUT2D eigenvalue weighted by Gasteiger charge is -2.04. The molecule has 0 aliphatic rings. The van der Waals surface area contributed by atoms with Crippen LogP contribution in [0.1, 0.15) is 31.1 Å². The molecule has 116 valence electrons.